The number of halogens is 2. The standard InChI is InChI=1S/C31H37ClFN7O6S/c1-31(2,3)46-30(42)40-15-16-45-27-26(18-25(37-28(27)40)21-17-20(32)5-6-23(21)33)36-24-7-8-34-19-22(24)29(41)35-9-10-38-11-13-39(14-12-38)47(4,43)44/h5-8,17-19H,9-16H2,1-4H3,(H,35,41)(H,34,36,37). The Morgan fingerprint density at radius 1 is 1.09 bits per heavy atom. The van der Waals surface area contributed by atoms with Gasteiger partial charge in [0.05, 0.1) is 35.4 Å². The minimum absolute atomic E-state index is 0.100. The summed E-state index contributed by atoms with van der Waals surface area (Å²) in [5.41, 5.74) is 0.418. The summed E-state index contributed by atoms with van der Waals surface area (Å²) in [6.45, 7) is 8.30. The molecule has 1 fully saturated rings. The van der Waals surface area contributed by atoms with E-state index in [0.717, 1.165) is 0 Å². The van der Waals surface area contributed by atoms with Gasteiger partial charge in [-0.15, -0.1) is 0 Å². The second kappa shape index (κ2) is 14.0. The van der Waals surface area contributed by atoms with Gasteiger partial charge in [-0.1, -0.05) is 11.6 Å². The van der Waals surface area contributed by atoms with Gasteiger partial charge in [-0.05, 0) is 51.1 Å². The number of amides is 2. The molecule has 47 heavy (non-hydrogen) atoms. The molecule has 3 aromatic rings. The van der Waals surface area contributed by atoms with E-state index in [4.69, 9.17) is 21.1 Å². The van der Waals surface area contributed by atoms with Crippen LogP contribution in [-0.4, -0.2) is 104 Å². The number of carbonyl (C=O) groups excluding carboxylic acids is 2. The van der Waals surface area contributed by atoms with E-state index in [1.807, 2.05) is 0 Å². The topological polar surface area (TPSA) is 146 Å². The number of anilines is 3. The largest absolute Gasteiger partial charge is 0.486 e. The number of nitrogens with one attached hydrogen (secondary N) is 2. The molecule has 0 unspecified atom stereocenters. The minimum Gasteiger partial charge on any atom is -0.486 e. The minimum atomic E-state index is -3.23. The highest BCUT2D eigenvalue weighted by Gasteiger charge is 2.33. The first-order valence-corrected chi connectivity index (χ1v) is 17.2. The van der Waals surface area contributed by atoms with Crippen LogP contribution in [0.1, 0.15) is 31.1 Å². The zero-order chi connectivity index (χ0) is 33.9. The Hall–Kier alpha value is -4.05. The van der Waals surface area contributed by atoms with Crippen molar-refractivity contribution in [3.05, 3.63) is 59.1 Å². The number of fused-ring (bicyclic) bond motifs is 1. The Morgan fingerprint density at radius 3 is 2.53 bits per heavy atom. The van der Waals surface area contributed by atoms with Crippen molar-refractivity contribution < 1.29 is 31.9 Å². The van der Waals surface area contributed by atoms with Crippen LogP contribution in [0.4, 0.5) is 26.4 Å². The van der Waals surface area contributed by atoms with E-state index >= 15 is 4.39 Å². The normalized spacial score (nSPS) is 15.8. The number of aromatic nitrogens is 2. The molecule has 1 aromatic carbocycles. The molecule has 13 nitrogen and oxygen atoms in total. The maximum Gasteiger partial charge on any atom is 0.416 e. The first kappa shape index (κ1) is 34.3. The smallest absolute Gasteiger partial charge is 0.416 e. The number of carbonyl (C=O) groups is 2. The first-order valence-electron chi connectivity index (χ1n) is 15.0. The van der Waals surface area contributed by atoms with Crippen LogP contribution in [0.2, 0.25) is 5.02 Å². The van der Waals surface area contributed by atoms with Crippen molar-refractivity contribution in [2.75, 3.05) is 68.9 Å². The number of benzene rings is 1. The molecule has 0 aliphatic carbocycles. The summed E-state index contributed by atoms with van der Waals surface area (Å²) >= 11 is 6.20. The lowest BCUT2D eigenvalue weighted by molar-refractivity contribution is 0.0566. The van der Waals surface area contributed by atoms with Gasteiger partial charge in [0.15, 0.2) is 11.6 Å². The average Bonchev–Trinajstić information content (AvgIpc) is 3.01. The summed E-state index contributed by atoms with van der Waals surface area (Å²) in [6, 6.07) is 7.25. The van der Waals surface area contributed by atoms with Gasteiger partial charge in [-0.25, -0.2) is 22.6 Å². The van der Waals surface area contributed by atoms with E-state index in [-0.39, 0.29) is 41.5 Å². The molecule has 5 rings (SSSR count). The molecule has 16 heteroatoms. The summed E-state index contributed by atoms with van der Waals surface area (Å²) in [5, 5.41) is 6.41. The molecule has 0 spiro atoms. The fourth-order valence-electron chi connectivity index (χ4n) is 5.15. The Balaban J connectivity index is 1.41. The predicted molar refractivity (Wildman–Crippen MR) is 176 cm³/mol. The number of pyridine rings is 2. The number of rotatable bonds is 8. The molecule has 2 amide bonds. The predicted octanol–water partition coefficient (Wildman–Crippen LogP) is 4.12. The van der Waals surface area contributed by atoms with Gasteiger partial charge in [0.1, 0.15) is 18.0 Å². The zero-order valence-corrected chi connectivity index (χ0v) is 28.1. The van der Waals surface area contributed by atoms with Crippen molar-refractivity contribution in [1.82, 2.24) is 24.5 Å². The van der Waals surface area contributed by atoms with E-state index in [1.165, 1.54) is 46.1 Å². The fraction of sp³-hybridized carbons (Fsp3) is 0.419. The highest BCUT2D eigenvalue weighted by molar-refractivity contribution is 7.88. The molecular formula is C31H37ClFN7O6S. The molecule has 2 aromatic heterocycles. The van der Waals surface area contributed by atoms with Crippen molar-refractivity contribution in [3.63, 3.8) is 0 Å². The molecule has 252 valence electrons. The third kappa shape index (κ3) is 8.46. The molecule has 0 bridgehead atoms. The van der Waals surface area contributed by atoms with E-state index in [2.05, 4.69) is 25.5 Å². The summed E-state index contributed by atoms with van der Waals surface area (Å²) in [5.74, 6) is -0.642. The van der Waals surface area contributed by atoms with E-state index < -0.39 is 33.4 Å². The maximum atomic E-state index is 15.1. The van der Waals surface area contributed by atoms with Crippen LogP contribution in [0.25, 0.3) is 11.3 Å². The van der Waals surface area contributed by atoms with E-state index in [0.29, 0.717) is 55.7 Å². The van der Waals surface area contributed by atoms with E-state index in [9.17, 15) is 18.0 Å². The van der Waals surface area contributed by atoms with Gasteiger partial charge >= 0.3 is 6.09 Å². The Labute approximate surface area is 278 Å². The molecule has 2 aliphatic heterocycles. The second-order valence-corrected chi connectivity index (χ2v) is 14.5. The second-order valence-electron chi connectivity index (χ2n) is 12.1. The highest BCUT2D eigenvalue weighted by atomic mass is 35.5. The zero-order valence-electron chi connectivity index (χ0n) is 26.5. The van der Waals surface area contributed by atoms with Crippen LogP contribution in [-0.2, 0) is 14.8 Å². The number of hydrogen-bond acceptors (Lipinski definition) is 10. The van der Waals surface area contributed by atoms with Gasteiger partial charge in [0.25, 0.3) is 5.91 Å². The number of piperazine rings is 1. The third-order valence-corrected chi connectivity index (χ3v) is 8.98. The van der Waals surface area contributed by atoms with Gasteiger partial charge in [0, 0.05) is 62.2 Å². The number of ether oxygens (including phenoxy) is 2. The molecule has 0 saturated carbocycles. The lowest BCUT2D eigenvalue weighted by atomic mass is 10.1. The van der Waals surface area contributed by atoms with Crippen LogP contribution in [0, 0.1) is 5.82 Å². The van der Waals surface area contributed by atoms with Crippen LogP contribution >= 0.6 is 11.6 Å². The quantitative estimate of drug-likeness (QED) is 0.354. The Kier molecular flexibility index (Phi) is 10.2. The summed E-state index contributed by atoms with van der Waals surface area (Å²) in [4.78, 5) is 38.7. The average molecular weight is 690 g/mol. The Bertz CT molecular complexity index is 1760. The van der Waals surface area contributed by atoms with Crippen LogP contribution in [0.3, 0.4) is 0 Å². The van der Waals surface area contributed by atoms with Crippen molar-refractivity contribution >= 4 is 50.8 Å². The third-order valence-electron chi connectivity index (χ3n) is 7.44. The van der Waals surface area contributed by atoms with Gasteiger partial charge in [-0.2, -0.15) is 4.31 Å². The number of nitrogens with zero attached hydrogens (tertiary/aromatic N) is 5. The fourth-order valence-corrected chi connectivity index (χ4v) is 6.15. The lowest BCUT2D eigenvalue weighted by Gasteiger charge is -2.33. The molecule has 0 atom stereocenters. The van der Waals surface area contributed by atoms with E-state index in [1.54, 1.807) is 32.9 Å². The van der Waals surface area contributed by atoms with Crippen LogP contribution < -0.4 is 20.3 Å². The maximum absolute atomic E-state index is 15.1. The van der Waals surface area contributed by atoms with Crippen molar-refractivity contribution in [2.24, 2.45) is 0 Å². The summed E-state index contributed by atoms with van der Waals surface area (Å²) in [7, 11) is -3.23. The summed E-state index contributed by atoms with van der Waals surface area (Å²) < 4.78 is 51.7. The SMILES string of the molecule is CC(C)(C)OC(=O)N1CCOc2c(Nc3ccncc3C(=O)NCCN3CCN(S(C)(=O)=O)CC3)cc(-c3cc(Cl)ccc3F)nc21. The molecule has 1 saturated heterocycles. The van der Waals surface area contributed by atoms with Crippen molar-refractivity contribution in [1.29, 1.82) is 0 Å². The van der Waals surface area contributed by atoms with Crippen molar-refractivity contribution in [3.8, 4) is 17.0 Å². The number of sulfonamides is 1. The molecule has 2 N–H and O–H groups in total. The van der Waals surface area contributed by atoms with Gasteiger partial charge < -0.3 is 20.1 Å². The first-order chi connectivity index (χ1) is 22.2. The monoisotopic (exact) mass is 689 g/mol. The highest BCUT2D eigenvalue weighted by Crippen LogP contribution is 2.42. The van der Waals surface area contributed by atoms with Gasteiger partial charge in [0.2, 0.25) is 10.0 Å². The van der Waals surface area contributed by atoms with Crippen LogP contribution in [0.5, 0.6) is 5.75 Å². The lowest BCUT2D eigenvalue weighted by Crippen LogP contribution is -2.49. The molecule has 2 aliphatic rings. The van der Waals surface area contributed by atoms with Crippen LogP contribution in [0.15, 0.2) is 42.7 Å². The van der Waals surface area contributed by atoms with Gasteiger partial charge in [-0.3, -0.25) is 19.6 Å². The Morgan fingerprint density at radius 2 is 1.83 bits per heavy atom. The summed E-state index contributed by atoms with van der Waals surface area (Å²) in [6.07, 6.45) is 3.48. The number of hydrogen-bond donors (Lipinski definition) is 2. The molecular weight excluding hydrogens is 653 g/mol. The molecule has 4 heterocycles. The van der Waals surface area contributed by atoms with Crippen molar-refractivity contribution in [2.45, 2.75) is 26.4 Å². The molecule has 0 radical (unpaired) electrons.